The van der Waals surface area contributed by atoms with Gasteiger partial charge in [0.25, 0.3) is 11.8 Å². The largest absolute Gasteiger partial charge is 0.454 e. The normalized spacial score (nSPS) is 11.5. The predicted molar refractivity (Wildman–Crippen MR) is 109 cm³/mol. The van der Waals surface area contributed by atoms with Gasteiger partial charge in [0.15, 0.2) is 12.4 Å². The van der Waals surface area contributed by atoms with Gasteiger partial charge in [-0.3, -0.25) is 14.4 Å². The molecular weight excluding hydrogens is 391 g/mol. The van der Waals surface area contributed by atoms with Gasteiger partial charge in [-0.1, -0.05) is 26.0 Å². The smallest absolute Gasteiger partial charge is 0.329 e. The molecule has 0 saturated heterocycles. The summed E-state index contributed by atoms with van der Waals surface area (Å²) < 4.78 is 18.8. The van der Waals surface area contributed by atoms with Crippen molar-refractivity contribution in [1.82, 2.24) is 5.32 Å². The number of esters is 1. The van der Waals surface area contributed by atoms with Gasteiger partial charge < -0.3 is 15.4 Å². The maximum Gasteiger partial charge on any atom is 0.329 e. The summed E-state index contributed by atoms with van der Waals surface area (Å²) in [5.74, 6) is -3.30. The Balaban J connectivity index is 1.93. The minimum absolute atomic E-state index is 0.0982. The van der Waals surface area contributed by atoms with Crippen LogP contribution in [0.2, 0.25) is 0 Å². The first kappa shape index (κ1) is 22.7. The summed E-state index contributed by atoms with van der Waals surface area (Å²) in [6, 6.07) is 10.6. The summed E-state index contributed by atoms with van der Waals surface area (Å²) in [7, 11) is 0. The van der Waals surface area contributed by atoms with Gasteiger partial charge >= 0.3 is 5.97 Å². The lowest BCUT2D eigenvalue weighted by molar-refractivity contribution is -0.150. The molecule has 0 unspecified atom stereocenters. The predicted octanol–water partition coefficient (Wildman–Crippen LogP) is 2.96. The fourth-order valence-corrected chi connectivity index (χ4v) is 2.57. The molecule has 2 amide bonds. The maximum atomic E-state index is 13.8. The van der Waals surface area contributed by atoms with E-state index in [1.54, 1.807) is 38.1 Å². The standard InChI is InChI=1S/C22H23FN2O5/c1-13(2)20(25-21(28)17-6-4-5-7-18(17)23)22(29)30-12-19(27)24-16-10-8-15(9-11-16)14(3)26/h4-11,13,20H,12H2,1-3H3,(H,24,27)(H,25,28)/t20-/m0/s1. The minimum Gasteiger partial charge on any atom is -0.454 e. The zero-order valence-electron chi connectivity index (χ0n) is 16.9. The van der Waals surface area contributed by atoms with Crippen molar-refractivity contribution in [2.75, 3.05) is 11.9 Å². The molecule has 8 heteroatoms. The first-order valence-corrected chi connectivity index (χ1v) is 9.32. The third-order valence-electron chi connectivity index (χ3n) is 4.25. The number of ether oxygens (including phenoxy) is 1. The molecule has 0 aliphatic carbocycles. The summed E-state index contributed by atoms with van der Waals surface area (Å²) >= 11 is 0. The van der Waals surface area contributed by atoms with E-state index in [9.17, 15) is 23.6 Å². The van der Waals surface area contributed by atoms with Crippen LogP contribution in [0.25, 0.3) is 0 Å². The number of ketones is 1. The summed E-state index contributed by atoms with van der Waals surface area (Å²) in [4.78, 5) is 47.9. The van der Waals surface area contributed by atoms with Gasteiger partial charge in [0.2, 0.25) is 0 Å². The van der Waals surface area contributed by atoms with Crippen LogP contribution in [0.3, 0.4) is 0 Å². The lowest BCUT2D eigenvalue weighted by Gasteiger charge is -2.21. The van der Waals surface area contributed by atoms with E-state index >= 15 is 0 Å². The summed E-state index contributed by atoms with van der Waals surface area (Å²) in [5, 5.41) is 4.99. The second-order valence-electron chi connectivity index (χ2n) is 6.96. The van der Waals surface area contributed by atoms with Gasteiger partial charge in [0.05, 0.1) is 5.56 Å². The molecule has 2 rings (SSSR count). The van der Waals surface area contributed by atoms with Crippen LogP contribution >= 0.6 is 0 Å². The Morgan fingerprint density at radius 2 is 1.63 bits per heavy atom. The van der Waals surface area contributed by atoms with Gasteiger partial charge in [0, 0.05) is 11.3 Å². The van der Waals surface area contributed by atoms with Crippen molar-refractivity contribution in [3.05, 3.63) is 65.5 Å². The highest BCUT2D eigenvalue weighted by molar-refractivity contribution is 5.98. The topological polar surface area (TPSA) is 102 Å². The second-order valence-corrected chi connectivity index (χ2v) is 6.96. The molecule has 2 aromatic rings. The third kappa shape index (κ3) is 6.23. The van der Waals surface area contributed by atoms with E-state index in [-0.39, 0.29) is 17.3 Å². The number of carbonyl (C=O) groups excluding carboxylic acids is 4. The van der Waals surface area contributed by atoms with Gasteiger partial charge in [-0.2, -0.15) is 0 Å². The highest BCUT2D eigenvalue weighted by atomic mass is 19.1. The van der Waals surface area contributed by atoms with Crippen LogP contribution in [0.5, 0.6) is 0 Å². The number of rotatable bonds is 8. The number of amides is 2. The van der Waals surface area contributed by atoms with Crippen molar-refractivity contribution in [1.29, 1.82) is 0 Å². The molecule has 0 aliphatic rings. The third-order valence-corrected chi connectivity index (χ3v) is 4.25. The Morgan fingerprint density at radius 3 is 2.20 bits per heavy atom. The van der Waals surface area contributed by atoms with Crippen LogP contribution in [0.4, 0.5) is 10.1 Å². The number of benzene rings is 2. The molecule has 30 heavy (non-hydrogen) atoms. The molecule has 0 spiro atoms. The lowest BCUT2D eigenvalue weighted by Crippen LogP contribution is -2.46. The number of nitrogens with one attached hydrogen (secondary N) is 2. The Kier molecular flexibility index (Phi) is 7.80. The highest BCUT2D eigenvalue weighted by Crippen LogP contribution is 2.11. The van der Waals surface area contributed by atoms with Crippen LogP contribution in [0.1, 0.15) is 41.5 Å². The number of carbonyl (C=O) groups is 4. The van der Waals surface area contributed by atoms with Gasteiger partial charge in [-0.05, 0) is 49.2 Å². The number of halogens is 1. The van der Waals surface area contributed by atoms with Crippen LogP contribution in [-0.2, 0) is 14.3 Å². The van der Waals surface area contributed by atoms with Crippen molar-refractivity contribution in [3.8, 4) is 0 Å². The number of anilines is 1. The van der Waals surface area contributed by atoms with E-state index < -0.39 is 36.2 Å². The summed E-state index contributed by atoms with van der Waals surface area (Å²) in [6.45, 7) is 4.24. The first-order chi connectivity index (χ1) is 14.2. The highest BCUT2D eigenvalue weighted by Gasteiger charge is 2.27. The van der Waals surface area contributed by atoms with Crippen molar-refractivity contribution in [3.63, 3.8) is 0 Å². The lowest BCUT2D eigenvalue weighted by atomic mass is 10.0. The van der Waals surface area contributed by atoms with E-state index in [1.165, 1.54) is 25.1 Å². The Hall–Kier alpha value is -3.55. The van der Waals surface area contributed by atoms with Gasteiger partial charge in [-0.15, -0.1) is 0 Å². The molecule has 0 radical (unpaired) electrons. The van der Waals surface area contributed by atoms with Gasteiger partial charge in [-0.25, -0.2) is 9.18 Å². The Labute approximate surface area is 173 Å². The van der Waals surface area contributed by atoms with Crippen molar-refractivity contribution >= 4 is 29.3 Å². The fraction of sp³-hybridized carbons (Fsp3) is 0.273. The van der Waals surface area contributed by atoms with Crippen LogP contribution in [0, 0.1) is 11.7 Å². The molecule has 1 atom stereocenters. The van der Waals surface area contributed by atoms with Crippen LogP contribution in [-0.4, -0.2) is 36.2 Å². The molecule has 2 N–H and O–H groups in total. The fourth-order valence-electron chi connectivity index (χ4n) is 2.57. The first-order valence-electron chi connectivity index (χ1n) is 9.32. The van der Waals surface area contributed by atoms with E-state index in [0.717, 1.165) is 6.07 Å². The zero-order chi connectivity index (χ0) is 22.3. The molecule has 0 aromatic heterocycles. The molecular formula is C22H23FN2O5. The number of hydrogen-bond acceptors (Lipinski definition) is 5. The number of hydrogen-bond donors (Lipinski definition) is 2. The Morgan fingerprint density at radius 1 is 1.00 bits per heavy atom. The van der Waals surface area contributed by atoms with Crippen molar-refractivity contribution in [2.45, 2.75) is 26.8 Å². The van der Waals surface area contributed by atoms with E-state index in [4.69, 9.17) is 4.74 Å². The van der Waals surface area contributed by atoms with E-state index in [1.807, 2.05) is 0 Å². The summed E-state index contributed by atoms with van der Waals surface area (Å²) in [6.07, 6.45) is 0. The van der Waals surface area contributed by atoms with Gasteiger partial charge in [0.1, 0.15) is 11.9 Å². The monoisotopic (exact) mass is 414 g/mol. The molecule has 0 bridgehead atoms. The van der Waals surface area contributed by atoms with Crippen LogP contribution in [0.15, 0.2) is 48.5 Å². The summed E-state index contributed by atoms with van der Waals surface area (Å²) in [5.41, 5.74) is 0.752. The minimum atomic E-state index is -1.06. The van der Waals surface area contributed by atoms with E-state index in [0.29, 0.717) is 11.3 Å². The Bertz CT molecular complexity index is 941. The van der Waals surface area contributed by atoms with E-state index in [2.05, 4.69) is 10.6 Å². The molecule has 0 saturated carbocycles. The van der Waals surface area contributed by atoms with Crippen LogP contribution < -0.4 is 10.6 Å². The quantitative estimate of drug-likeness (QED) is 0.511. The SMILES string of the molecule is CC(=O)c1ccc(NC(=O)COC(=O)[C@@H](NC(=O)c2ccccc2F)C(C)C)cc1. The molecule has 2 aromatic carbocycles. The second kappa shape index (κ2) is 10.3. The van der Waals surface area contributed by atoms with Crippen molar-refractivity contribution < 1.29 is 28.3 Å². The average Bonchev–Trinajstić information content (AvgIpc) is 2.70. The molecule has 0 fully saturated rings. The number of Topliss-reactive ketones (excluding diaryl/α,β-unsaturated/α-hetero) is 1. The molecule has 0 heterocycles. The maximum absolute atomic E-state index is 13.8. The molecule has 0 aliphatic heterocycles. The molecule has 158 valence electrons. The molecule has 7 nitrogen and oxygen atoms in total. The van der Waals surface area contributed by atoms with Crippen molar-refractivity contribution in [2.24, 2.45) is 5.92 Å². The zero-order valence-corrected chi connectivity index (χ0v) is 16.9. The average molecular weight is 414 g/mol.